The molecule has 0 aliphatic heterocycles. The van der Waals surface area contributed by atoms with Crippen LogP contribution in [0.5, 0.6) is 0 Å². The van der Waals surface area contributed by atoms with Crippen molar-refractivity contribution >= 4 is 34.2 Å². The van der Waals surface area contributed by atoms with Crippen molar-refractivity contribution in [3.63, 3.8) is 0 Å². The molecule has 0 radical (unpaired) electrons. The second-order valence-electron chi connectivity index (χ2n) is 5.25. The Morgan fingerprint density at radius 1 is 1.14 bits per heavy atom. The molecule has 3 rings (SSSR count). The number of hydrogen-bond donors (Lipinski definition) is 0. The van der Waals surface area contributed by atoms with Crippen LogP contribution in [0.3, 0.4) is 0 Å². The Labute approximate surface area is 134 Å². The summed E-state index contributed by atoms with van der Waals surface area (Å²) in [5.74, 6) is 1.28. The van der Waals surface area contributed by atoms with E-state index in [1.165, 1.54) is 11.1 Å². The molecule has 0 amide bonds. The van der Waals surface area contributed by atoms with Crippen LogP contribution in [0, 0.1) is 6.92 Å². The topological polar surface area (TPSA) is 17.8 Å². The molecule has 0 fully saturated rings. The first-order valence-electron chi connectivity index (χ1n) is 6.89. The van der Waals surface area contributed by atoms with E-state index in [2.05, 4.69) is 35.5 Å². The average molecular weight is 319 g/mol. The average Bonchev–Trinajstić information content (AvgIpc) is 2.85. The summed E-state index contributed by atoms with van der Waals surface area (Å²) in [4.78, 5) is 4.64. The zero-order valence-corrected chi connectivity index (χ0v) is 13.5. The lowest BCUT2D eigenvalue weighted by Crippen LogP contribution is -2.09. The van der Waals surface area contributed by atoms with Gasteiger partial charge in [-0.25, -0.2) is 4.98 Å². The van der Waals surface area contributed by atoms with Crippen molar-refractivity contribution in [2.45, 2.75) is 25.8 Å². The molecule has 1 atom stereocenters. The minimum Gasteiger partial charge on any atom is -0.320 e. The predicted molar refractivity (Wildman–Crippen MR) is 89.3 cm³/mol. The highest BCUT2D eigenvalue weighted by Crippen LogP contribution is 2.28. The SMILES string of the molecule is Cc1ccc2nc(CCl)n(C(C)c3ccc(Cl)cc3)c2c1. The van der Waals surface area contributed by atoms with E-state index in [-0.39, 0.29) is 6.04 Å². The lowest BCUT2D eigenvalue weighted by molar-refractivity contribution is 0.634. The van der Waals surface area contributed by atoms with Gasteiger partial charge in [0.1, 0.15) is 5.82 Å². The Morgan fingerprint density at radius 3 is 2.52 bits per heavy atom. The van der Waals surface area contributed by atoms with Crippen molar-refractivity contribution < 1.29 is 0 Å². The molecule has 3 aromatic rings. The molecular formula is C17H16Cl2N2. The third kappa shape index (κ3) is 2.66. The van der Waals surface area contributed by atoms with Gasteiger partial charge in [0.2, 0.25) is 0 Å². The largest absolute Gasteiger partial charge is 0.320 e. The van der Waals surface area contributed by atoms with Crippen LogP contribution in [0.25, 0.3) is 11.0 Å². The molecule has 2 nitrogen and oxygen atoms in total. The molecule has 0 bridgehead atoms. The van der Waals surface area contributed by atoms with Crippen LogP contribution in [0.4, 0.5) is 0 Å². The predicted octanol–water partition coefficient (Wildman–Crippen LogP) is 5.35. The standard InChI is InChI=1S/C17H16Cl2N2/c1-11-3-8-15-16(9-11)21(17(10-18)20-15)12(2)13-4-6-14(19)7-5-13/h3-9,12H,10H2,1-2H3. The van der Waals surface area contributed by atoms with Crippen LogP contribution < -0.4 is 0 Å². The summed E-state index contributed by atoms with van der Waals surface area (Å²) >= 11 is 12.1. The van der Waals surface area contributed by atoms with Gasteiger partial charge in [-0.3, -0.25) is 0 Å². The molecule has 0 saturated heterocycles. The molecule has 21 heavy (non-hydrogen) atoms. The summed E-state index contributed by atoms with van der Waals surface area (Å²) in [7, 11) is 0. The summed E-state index contributed by atoms with van der Waals surface area (Å²) in [6.45, 7) is 4.24. The number of nitrogens with zero attached hydrogens (tertiary/aromatic N) is 2. The van der Waals surface area contributed by atoms with Gasteiger partial charge in [0.25, 0.3) is 0 Å². The molecule has 0 aliphatic carbocycles. The van der Waals surface area contributed by atoms with E-state index in [1.807, 2.05) is 30.3 Å². The Kier molecular flexibility index (Phi) is 3.92. The smallest absolute Gasteiger partial charge is 0.125 e. The van der Waals surface area contributed by atoms with Crippen molar-refractivity contribution in [2.24, 2.45) is 0 Å². The second-order valence-corrected chi connectivity index (χ2v) is 5.96. The summed E-state index contributed by atoms with van der Waals surface area (Å²) in [5.41, 5.74) is 4.50. The molecule has 0 spiro atoms. The van der Waals surface area contributed by atoms with E-state index in [0.29, 0.717) is 5.88 Å². The van der Waals surface area contributed by atoms with E-state index in [4.69, 9.17) is 23.2 Å². The number of fused-ring (bicyclic) bond motifs is 1. The van der Waals surface area contributed by atoms with E-state index in [1.54, 1.807) is 0 Å². The fourth-order valence-corrected chi connectivity index (χ4v) is 2.98. The van der Waals surface area contributed by atoms with Gasteiger partial charge < -0.3 is 4.57 Å². The van der Waals surface area contributed by atoms with Gasteiger partial charge in [-0.05, 0) is 49.2 Å². The first-order chi connectivity index (χ1) is 10.1. The van der Waals surface area contributed by atoms with Gasteiger partial charge in [0.05, 0.1) is 23.0 Å². The zero-order valence-electron chi connectivity index (χ0n) is 12.0. The van der Waals surface area contributed by atoms with E-state index >= 15 is 0 Å². The van der Waals surface area contributed by atoms with Crippen molar-refractivity contribution in [2.75, 3.05) is 0 Å². The minimum atomic E-state index is 0.155. The van der Waals surface area contributed by atoms with Crippen LogP contribution >= 0.6 is 23.2 Å². The molecule has 0 N–H and O–H groups in total. The number of benzene rings is 2. The normalized spacial score (nSPS) is 12.8. The summed E-state index contributed by atoms with van der Waals surface area (Å²) < 4.78 is 2.21. The van der Waals surface area contributed by atoms with Crippen LogP contribution in [-0.2, 0) is 5.88 Å². The highest BCUT2D eigenvalue weighted by Gasteiger charge is 2.16. The van der Waals surface area contributed by atoms with E-state index in [9.17, 15) is 0 Å². The minimum absolute atomic E-state index is 0.155. The lowest BCUT2D eigenvalue weighted by Gasteiger charge is -2.18. The van der Waals surface area contributed by atoms with Gasteiger partial charge in [0, 0.05) is 5.02 Å². The molecule has 108 valence electrons. The summed E-state index contributed by atoms with van der Waals surface area (Å²) in [6.07, 6.45) is 0. The summed E-state index contributed by atoms with van der Waals surface area (Å²) in [6, 6.07) is 14.4. The fourth-order valence-electron chi connectivity index (χ4n) is 2.67. The van der Waals surface area contributed by atoms with Crippen molar-refractivity contribution in [1.82, 2.24) is 9.55 Å². The first kappa shape index (κ1) is 14.4. The number of hydrogen-bond acceptors (Lipinski definition) is 1. The number of alkyl halides is 1. The quantitative estimate of drug-likeness (QED) is 0.595. The van der Waals surface area contributed by atoms with Gasteiger partial charge in [-0.2, -0.15) is 0 Å². The molecule has 0 aliphatic rings. The van der Waals surface area contributed by atoms with Crippen molar-refractivity contribution in [3.8, 4) is 0 Å². The molecule has 1 unspecified atom stereocenters. The van der Waals surface area contributed by atoms with Gasteiger partial charge in [0.15, 0.2) is 0 Å². The Balaban J connectivity index is 2.17. The Morgan fingerprint density at radius 2 is 1.86 bits per heavy atom. The molecule has 4 heteroatoms. The first-order valence-corrected chi connectivity index (χ1v) is 7.80. The molecule has 1 aromatic heterocycles. The van der Waals surface area contributed by atoms with Gasteiger partial charge >= 0.3 is 0 Å². The van der Waals surface area contributed by atoms with Gasteiger partial charge in [-0.15, -0.1) is 11.6 Å². The third-order valence-electron chi connectivity index (χ3n) is 3.78. The van der Waals surface area contributed by atoms with E-state index in [0.717, 1.165) is 21.9 Å². The van der Waals surface area contributed by atoms with E-state index < -0.39 is 0 Å². The molecule has 2 aromatic carbocycles. The maximum absolute atomic E-state index is 6.10. The highest BCUT2D eigenvalue weighted by molar-refractivity contribution is 6.30. The maximum atomic E-state index is 6.10. The summed E-state index contributed by atoms with van der Waals surface area (Å²) in [5, 5.41) is 0.745. The molecular weight excluding hydrogens is 303 g/mol. The highest BCUT2D eigenvalue weighted by atomic mass is 35.5. The van der Waals surface area contributed by atoms with Crippen LogP contribution in [0.15, 0.2) is 42.5 Å². The number of aryl methyl sites for hydroxylation is 1. The third-order valence-corrected chi connectivity index (χ3v) is 4.27. The van der Waals surface area contributed by atoms with Crippen molar-refractivity contribution in [1.29, 1.82) is 0 Å². The van der Waals surface area contributed by atoms with Gasteiger partial charge in [-0.1, -0.05) is 29.8 Å². The number of rotatable bonds is 3. The lowest BCUT2D eigenvalue weighted by atomic mass is 10.1. The molecule has 1 heterocycles. The van der Waals surface area contributed by atoms with Crippen LogP contribution in [0.1, 0.15) is 29.9 Å². The number of aromatic nitrogens is 2. The van der Waals surface area contributed by atoms with Crippen LogP contribution in [-0.4, -0.2) is 9.55 Å². The zero-order chi connectivity index (χ0) is 15.0. The van der Waals surface area contributed by atoms with Crippen molar-refractivity contribution in [3.05, 3.63) is 64.4 Å². The maximum Gasteiger partial charge on any atom is 0.125 e. The fraction of sp³-hybridized carbons (Fsp3) is 0.235. The monoisotopic (exact) mass is 318 g/mol. The molecule has 0 saturated carbocycles. The Bertz CT molecular complexity index is 775. The number of halogens is 2. The number of imidazole rings is 1. The Hall–Kier alpha value is -1.51. The second kappa shape index (κ2) is 5.70. The van der Waals surface area contributed by atoms with Crippen LogP contribution in [0.2, 0.25) is 5.02 Å².